The van der Waals surface area contributed by atoms with Crippen molar-refractivity contribution in [1.29, 1.82) is 0 Å². The standard InChI is InChI=1S/C14H21NO3/c1-9(2)7-12(14(16)17)15-11-8-10(3)5-6-13(11)18-4/h5-6,8-9,12,15H,7H2,1-4H3,(H,16,17). The number of carboxylic acid groups (broad SMARTS) is 1. The molecule has 0 spiro atoms. The normalized spacial score (nSPS) is 12.3. The van der Waals surface area contributed by atoms with Crippen molar-refractivity contribution >= 4 is 11.7 Å². The Hall–Kier alpha value is -1.71. The second-order valence-corrected chi connectivity index (χ2v) is 4.87. The van der Waals surface area contributed by atoms with Gasteiger partial charge in [-0.25, -0.2) is 4.79 Å². The molecule has 1 atom stereocenters. The predicted octanol–water partition coefficient (Wildman–Crippen LogP) is 2.91. The third-order valence-corrected chi connectivity index (χ3v) is 2.69. The van der Waals surface area contributed by atoms with Crippen LogP contribution in [0.4, 0.5) is 5.69 Å². The van der Waals surface area contributed by atoms with E-state index in [1.807, 2.05) is 39.0 Å². The van der Waals surface area contributed by atoms with E-state index in [1.165, 1.54) is 0 Å². The van der Waals surface area contributed by atoms with E-state index in [-0.39, 0.29) is 0 Å². The second kappa shape index (κ2) is 6.28. The lowest BCUT2D eigenvalue weighted by atomic mass is 10.0. The molecule has 0 saturated carbocycles. The van der Waals surface area contributed by atoms with Crippen LogP contribution in [0.1, 0.15) is 25.8 Å². The second-order valence-electron chi connectivity index (χ2n) is 4.87. The molecule has 0 aromatic heterocycles. The van der Waals surface area contributed by atoms with Crippen molar-refractivity contribution < 1.29 is 14.6 Å². The summed E-state index contributed by atoms with van der Waals surface area (Å²) in [5.74, 6) is 0.136. The van der Waals surface area contributed by atoms with Gasteiger partial charge in [-0.05, 0) is 37.0 Å². The van der Waals surface area contributed by atoms with E-state index >= 15 is 0 Å². The number of aliphatic carboxylic acids is 1. The van der Waals surface area contributed by atoms with E-state index < -0.39 is 12.0 Å². The van der Waals surface area contributed by atoms with E-state index in [9.17, 15) is 9.90 Å². The van der Waals surface area contributed by atoms with Gasteiger partial charge >= 0.3 is 5.97 Å². The van der Waals surface area contributed by atoms with E-state index in [1.54, 1.807) is 7.11 Å². The number of aryl methyl sites for hydroxylation is 1. The van der Waals surface area contributed by atoms with Gasteiger partial charge in [-0.1, -0.05) is 19.9 Å². The fourth-order valence-electron chi connectivity index (χ4n) is 1.82. The maximum absolute atomic E-state index is 11.2. The molecule has 0 fully saturated rings. The average molecular weight is 251 g/mol. The smallest absolute Gasteiger partial charge is 0.326 e. The molecule has 100 valence electrons. The molecule has 0 heterocycles. The molecule has 0 saturated heterocycles. The lowest BCUT2D eigenvalue weighted by Crippen LogP contribution is -2.30. The molecule has 1 aromatic rings. The molecule has 0 aliphatic heterocycles. The first-order valence-corrected chi connectivity index (χ1v) is 6.08. The van der Waals surface area contributed by atoms with Gasteiger partial charge in [0.05, 0.1) is 12.8 Å². The first kappa shape index (κ1) is 14.4. The summed E-state index contributed by atoms with van der Waals surface area (Å²) in [7, 11) is 1.58. The molecule has 18 heavy (non-hydrogen) atoms. The van der Waals surface area contributed by atoms with Crippen molar-refractivity contribution in [3.63, 3.8) is 0 Å². The summed E-state index contributed by atoms with van der Waals surface area (Å²) in [6.07, 6.45) is 0.576. The summed E-state index contributed by atoms with van der Waals surface area (Å²) >= 11 is 0. The molecule has 1 unspecified atom stereocenters. The third-order valence-electron chi connectivity index (χ3n) is 2.69. The van der Waals surface area contributed by atoms with E-state index in [0.29, 0.717) is 18.1 Å². The molecule has 1 rings (SSSR count). The molecule has 0 radical (unpaired) electrons. The zero-order valence-electron chi connectivity index (χ0n) is 11.4. The van der Waals surface area contributed by atoms with Gasteiger partial charge in [0.1, 0.15) is 11.8 Å². The van der Waals surface area contributed by atoms with Gasteiger partial charge in [-0.2, -0.15) is 0 Å². The SMILES string of the molecule is COc1ccc(C)cc1NC(CC(C)C)C(=O)O. The minimum atomic E-state index is -0.841. The molecule has 0 bridgehead atoms. The summed E-state index contributed by atoms with van der Waals surface area (Å²) in [5.41, 5.74) is 1.79. The van der Waals surface area contributed by atoms with Crippen LogP contribution in [-0.2, 0) is 4.79 Å². The Labute approximate surface area is 108 Å². The monoisotopic (exact) mass is 251 g/mol. The summed E-state index contributed by atoms with van der Waals surface area (Å²) < 4.78 is 5.23. The molecule has 0 amide bonds. The lowest BCUT2D eigenvalue weighted by molar-refractivity contribution is -0.138. The number of anilines is 1. The average Bonchev–Trinajstić information content (AvgIpc) is 2.27. The first-order valence-electron chi connectivity index (χ1n) is 6.08. The van der Waals surface area contributed by atoms with Gasteiger partial charge < -0.3 is 15.2 Å². The quantitative estimate of drug-likeness (QED) is 0.816. The summed E-state index contributed by atoms with van der Waals surface area (Å²) in [6, 6.07) is 5.07. The van der Waals surface area contributed by atoms with Gasteiger partial charge in [-0.3, -0.25) is 0 Å². The van der Waals surface area contributed by atoms with Crippen LogP contribution >= 0.6 is 0 Å². The zero-order valence-corrected chi connectivity index (χ0v) is 11.4. The van der Waals surface area contributed by atoms with Crippen molar-refractivity contribution in [3.05, 3.63) is 23.8 Å². The number of methoxy groups -OCH3 is 1. The van der Waals surface area contributed by atoms with Crippen molar-refractivity contribution in [1.82, 2.24) is 0 Å². The molecular formula is C14H21NO3. The molecule has 0 aliphatic carbocycles. The molecule has 0 aliphatic rings. The number of carbonyl (C=O) groups is 1. The third kappa shape index (κ3) is 3.95. The summed E-state index contributed by atoms with van der Waals surface area (Å²) in [4.78, 5) is 11.2. The lowest BCUT2D eigenvalue weighted by Gasteiger charge is -2.19. The highest BCUT2D eigenvalue weighted by molar-refractivity contribution is 5.78. The predicted molar refractivity (Wildman–Crippen MR) is 72.2 cm³/mol. The van der Waals surface area contributed by atoms with Crippen LogP contribution in [0.3, 0.4) is 0 Å². The number of nitrogens with one attached hydrogen (secondary N) is 1. The number of carboxylic acids is 1. The van der Waals surface area contributed by atoms with Crippen LogP contribution in [-0.4, -0.2) is 24.2 Å². The Bertz CT molecular complexity index is 416. The van der Waals surface area contributed by atoms with Gasteiger partial charge in [0.25, 0.3) is 0 Å². The fraction of sp³-hybridized carbons (Fsp3) is 0.500. The number of ether oxygens (including phenoxy) is 1. The zero-order chi connectivity index (χ0) is 13.7. The Kier molecular flexibility index (Phi) is 5.01. The van der Waals surface area contributed by atoms with E-state index in [2.05, 4.69) is 5.32 Å². The van der Waals surface area contributed by atoms with Crippen LogP contribution in [0.5, 0.6) is 5.75 Å². The van der Waals surface area contributed by atoms with Crippen LogP contribution in [0.25, 0.3) is 0 Å². The minimum Gasteiger partial charge on any atom is -0.495 e. The first-order chi connectivity index (χ1) is 8.43. The largest absolute Gasteiger partial charge is 0.495 e. The highest BCUT2D eigenvalue weighted by Gasteiger charge is 2.20. The highest BCUT2D eigenvalue weighted by Crippen LogP contribution is 2.26. The molecule has 4 nitrogen and oxygen atoms in total. The maximum Gasteiger partial charge on any atom is 0.326 e. The number of rotatable bonds is 6. The Morgan fingerprint density at radius 2 is 2.11 bits per heavy atom. The Balaban J connectivity index is 2.92. The number of hydrogen-bond donors (Lipinski definition) is 2. The summed E-state index contributed by atoms with van der Waals surface area (Å²) in [5, 5.41) is 12.3. The summed E-state index contributed by atoms with van der Waals surface area (Å²) in [6.45, 7) is 5.97. The maximum atomic E-state index is 11.2. The van der Waals surface area contributed by atoms with Crippen molar-refractivity contribution in [2.45, 2.75) is 33.2 Å². The van der Waals surface area contributed by atoms with E-state index in [0.717, 1.165) is 11.3 Å². The number of benzene rings is 1. The molecule has 4 heteroatoms. The fourth-order valence-corrected chi connectivity index (χ4v) is 1.82. The van der Waals surface area contributed by atoms with Crippen LogP contribution in [0.15, 0.2) is 18.2 Å². The van der Waals surface area contributed by atoms with Crippen molar-refractivity contribution in [2.75, 3.05) is 12.4 Å². The van der Waals surface area contributed by atoms with Crippen molar-refractivity contribution in [2.24, 2.45) is 5.92 Å². The van der Waals surface area contributed by atoms with Gasteiger partial charge in [0.2, 0.25) is 0 Å². The van der Waals surface area contributed by atoms with Gasteiger partial charge in [0.15, 0.2) is 0 Å². The topological polar surface area (TPSA) is 58.6 Å². The molecular weight excluding hydrogens is 230 g/mol. The highest BCUT2D eigenvalue weighted by atomic mass is 16.5. The van der Waals surface area contributed by atoms with Crippen molar-refractivity contribution in [3.8, 4) is 5.75 Å². The van der Waals surface area contributed by atoms with Crippen LogP contribution < -0.4 is 10.1 Å². The van der Waals surface area contributed by atoms with E-state index in [4.69, 9.17) is 4.74 Å². The van der Waals surface area contributed by atoms with Gasteiger partial charge in [0, 0.05) is 0 Å². The molecule has 1 aromatic carbocycles. The Morgan fingerprint density at radius 3 is 2.61 bits per heavy atom. The van der Waals surface area contributed by atoms with Crippen LogP contribution in [0.2, 0.25) is 0 Å². The minimum absolute atomic E-state index is 0.314. The number of hydrogen-bond acceptors (Lipinski definition) is 3. The van der Waals surface area contributed by atoms with Gasteiger partial charge in [-0.15, -0.1) is 0 Å². The van der Waals surface area contributed by atoms with Crippen LogP contribution in [0, 0.1) is 12.8 Å². The Morgan fingerprint density at radius 1 is 1.44 bits per heavy atom. The molecule has 2 N–H and O–H groups in total.